The number of rotatable bonds is 6. The average Bonchev–Trinajstić information content (AvgIpc) is 3.24. The summed E-state index contributed by atoms with van der Waals surface area (Å²) >= 11 is 0. The molecule has 0 aromatic heterocycles. The monoisotopic (exact) mass is 248 g/mol. The Kier molecular flexibility index (Phi) is 4.33. The van der Waals surface area contributed by atoms with Crippen molar-refractivity contribution >= 4 is 5.91 Å². The summed E-state index contributed by atoms with van der Waals surface area (Å²) in [7, 11) is 1.66. The zero-order valence-corrected chi connectivity index (χ0v) is 10.8. The number of hydrogen-bond donors (Lipinski definition) is 1. The van der Waals surface area contributed by atoms with Gasteiger partial charge in [0.15, 0.2) is 0 Å². The van der Waals surface area contributed by atoms with Crippen molar-refractivity contribution in [1.82, 2.24) is 4.90 Å². The molecule has 0 atom stereocenters. The number of nitrogens with zero attached hydrogens (tertiary/aromatic N) is 1. The SMILES string of the molecule is COCCN(C(=O)c1ccc(CN)cc1)C1CC1. The van der Waals surface area contributed by atoms with E-state index < -0.39 is 0 Å². The van der Waals surface area contributed by atoms with Gasteiger partial charge in [-0.1, -0.05) is 12.1 Å². The molecule has 98 valence electrons. The fourth-order valence-corrected chi connectivity index (χ4v) is 1.98. The zero-order chi connectivity index (χ0) is 13.0. The summed E-state index contributed by atoms with van der Waals surface area (Å²) in [5, 5.41) is 0. The Bertz CT molecular complexity index is 399. The lowest BCUT2D eigenvalue weighted by molar-refractivity contribution is 0.0680. The third kappa shape index (κ3) is 3.09. The summed E-state index contributed by atoms with van der Waals surface area (Å²) in [5.41, 5.74) is 7.32. The van der Waals surface area contributed by atoms with Crippen LogP contribution in [0.3, 0.4) is 0 Å². The van der Waals surface area contributed by atoms with Crippen LogP contribution in [0, 0.1) is 0 Å². The van der Waals surface area contributed by atoms with Crippen molar-refractivity contribution in [3.63, 3.8) is 0 Å². The van der Waals surface area contributed by atoms with E-state index in [4.69, 9.17) is 10.5 Å². The predicted octanol–water partition coefficient (Wildman–Crippen LogP) is 1.40. The van der Waals surface area contributed by atoms with Gasteiger partial charge in [0, 0.05) is 31.8 Å². The number of nitrogens with two attached hydrogens (primary N) is 1. The summed E-state index contributed by atoms with van der Waals surface area (Å²) < 4.78 is 5.06. The van der Waals surface area contributed by atoms with E-state index in [-0.39, 0.29) is 5.91 Å². The maximum Gasteiger partial charge on any atom is 0.254 e. The summed E-state index contributed by atoms with van der Waals surface area (Å²) in [6, 6.07) is 7.93. The number of carbonyl (C=O) groups excluding carboxylic acids is 1. The van der Waals surface area contributed by atoms with E-state index in [1.807, 2.05) is 29.2 Å². The first-order valence-corrected chi connectivity index (χ1v) is 6.35. The molecule has 4 heteroatoms. The van der Waals surface area contributed by atoms with E-state index in [0.717, 1.165) is 24.0 Å². The number of hydrogen-bond acceptors (Lipinski definition) is 3. The molecule has 4 nitrogen and oxygen atoms in total. The van der Waals surface area contributed by atoms with E-state index in [2.05, 4.69) is 0 Å². The highest BCUT2D eigenvalue weighted by Gasteiger charge is 2.32. The molecule has 1 aromatic rings. The maximum atomic E-state index is 12.4. The topological polar surface area (TPSA) is 55.6 Å². The number of ether oxygens (including phenoxy) is 1. The minimum Gasteiger partial charge on any atom is -0.383 e. The molecule has 1 aliphatic carbocycles. The summed E-state index contributed by atoms with van der Waals surface area (Å²) in [5.74, 6) is 0.0955. The van der Waals surface area contributed by atoms with Crippen LogP contribution in [0.1, 0.15) is 28.8 Å². The quantitative estimate of drug-likeness (QED) is 0.828. The Morgan fingerprint density at radius 3 is 2.56 bits per heavy atom. The minimum atomic E-state index is 0.0955. The van der Waals surface area contributed by atoms with Crippen LogP contribution < -0.4 is 5.73 Å². The van der Waals surface area contributed by atoms with Crippen molar-refractivity contribution in [1.29, 1.82) is 0 Å². The standard InChI is InChI=1S/C14H20N2O2/c1-18-9-8-16(13-6-7-13)14(17)12-4-2-11(10-15)3-5-12/h2-5,13H,6-10,15H2,1H3. The molecular weight excluding hydrogens is 228 g/mol. The fraction of sp³-hybridized carbons (Fsp3) is 0.500. The molecule has 0 unspecified atom stereocenters. The molecule has 0 saturated heterocycles. The predicted molar refractivity (Wildman–Crippen MR) is 70.3 cm³/mol. The molecule has 1 amide bonds. The molecule has 18 heavy (non-hydrogen) atoms. The number of methoxy groups -OCH3 is 1. The molecule has 0 bridgehead atoms. The first-order valence-electron chi connectivity index (χ1n) is 6.35. The lowest BCUT2D eigenvalue weighted by atomic mass is 10.1. The van der Waals surface area contributed by atoms with Gasteiger partial charge in [0.2, 0.25) is 0 Å². The van der Waals surface area contributed by atoms with E-state index in [0.29, 0.717) is 25.7 Å². The van der Waals surface area contributed by atoms with Crippen LogP contribution in [0.2, 0.25) is 0 Å². The Morgan fingerprint density at radius 1 is 1.39 bits per heavy atom. The van der Waals surface area contributed by atoms with Crippen LogP contribution in [0.5, 0.6) is 0 Å². The largest absolute Gasteiger partial charge is 0.383 e. The van der Waals surface area contributed by atoms with E-state index >= 15 is 0 Å². The van der Waals surface area contributed by atoms with Gasteiger partial charge in [0.05, 0.1) is 6.61 Å². The summed E-state index contributed by atoms with van der Waals surface area (Å²) in [6.07, 6.45) is 2.21. The Hall–Kier alpha value is -1.39. The first-order chi connectivity index (χ1) is 8.76. The molecule has 0 heterocycles. The molecule has 0 radical (unpaired) electrons. The van der Waals surface area contributed by atoms with Crippen molar-refractivity contribution in [3.05, 3.63) is 35.4 Å². The Labute approximate surface area is 108 Å². The third-order valence-corrected chi connectivity index (χ3v) is 3.22. The minimum absolute atomic E-state index is 0.0955. The van der Waals surface area contributed by atoms with Crippen molar-refractivity contribution in [2.24, 2.45) is 5.73 Å². The smallest absolute Gasteiger partial charge is 0.254 e. The second kappa shape index (κ2) is 5.98. The number of benzene rings is 1. The Balaban J connectivity index is 2.06. The van der Waals surface area contributed by atoms with Gasteiger partial charge in [-0.15, -0.1) is 0 Å². The van der Waals surface area contributed by atoms with Crippen molar-refractivity contribution in [2.45, 2.75) is 25.4 Å². The molecule has 2 N–H and O–H groups in total. The second-order valence-electron chi connectivity index (χ2n) is 4.62. The molecule has 1 fully saturated rings. The van der Waals surface area contributed by atoms with E-state index in [1.54, 1.807) is 7.11 Å². The van der Waals surface area contributed by atoms with Crippen LogP contribution in [-0.2, 0) is 11.3 Å². The van der Waals surface area contributed by atoms with Gasteiger partial charge in [-0.3, -0.25) is 4.79 Å². The van der Waals surface area contributed by atoms with Crippen LogP contribution >= 0.6 is 0 Å². The van der Waals surface area contributed by atoms with Crippen molar-refractivity contribution in [2.75, 3.05) is 20.3 Å². The zero-order valence-electron chi connectivity index (χ0n) is 10.8. The summed E-state index contributed by atoms with van der Waals surface area (Å²) in [4.78, 5) is 14.3. The van der Waals surface area contributed by atoms with Crippen LogP contribution in [-0.4, -0.2) is 37.1 Å². The molecular formula is C14H20N2O2. The van der Waals surface area contributed by atoms with Gasteiger partial charge >= 0.3 is 0 Å². The maximum absolute atomic E-state index is 12.4. The molecule has 0 spiro atoms. The van der Waals surface area contributed by atoms with Gasteiger partial charge in [-0.25, -0.2) is 0 Å². The first kappa shape index (κ1) is 13.1. The molecule has 1 aliphatic rings. The summed E-state index contributed by atoms with van der Waals surface area (Å²) in [6.45, 7) is 1.76. The van der Waals surface area contributed by atoms with Gasteiger partial charge in [-0.05, 0) is 30.5 Å². The van der Waals surface area contributed by atoms with Gasteiger partial charge in [0.25, 0.3) is 5.91 Å². The fourth-order valence-electron chi connectivity index (χ4n) is 1.98. The second-order valence-corrected chi connectivity index (χ2v) is 4.62. The van der Waals surface area contributed by atoms with Gasteiger partial charge < -0.3 is 15.4 Å². The van der Waals surface area contributed by atoms with Crippen molar-refractivity contribution < 1.29 is 9.53 Å². The molecule has 1 aromatic carbocycles. The highest BCUT2D eigenvalue weighted by molar-refractivity contribution is 5.94. The molecule has 0 aliphatic heterocycles. The van der Waals surface area contributed by atoms with Crippen LogP contribution in [0.4, 0.5) is 0 Å². The lowest BCUT2D eigenvalue weighted by Gasteiger charge is -2.22. The highest BCUT2D eigenvalue weighted by atomic mass is 16.5. The van der Waals surface area contributed by atoms with Gasteiger partial charge in [0.1, 0.15) is 0 Å². The number of amides is 1. The van der Waals surface area contributed by atoms with Crippen LogP contribution in [0.25, 0.3) is 0 Å². The van der Waals surface area contributed by atoms with Gasteiger partial charge in [-0.2, -0.15) is 0 Å². The molecule has 1 saturated carbocycles. The highest BCUT2D eigenvalue weighted by Crippen LogP contribution is 2.28. The Morgan fingerprint density at radius 2 is 2.06 bits per heavy atom. The lowest BCUT2D eigenvalue weighted by Crippen LogP contribution is -2.35. The van der Waals surface area contributed by atoms with E-state index in [9.17, 15) is 4.79 Å². The number of carbonyl (C=O) groups is 1. The van der Waals surface area contributed by atoms with E-state index in [1.165, 1.54) is 0 Å². The average molecular weight is 248 g/mol. The normalized spacial score (nSPS) is 14.6. The third-order valence-electron chi connectivity index (χ3n) is 3.22. The molecule has 2 rings (SSSR count). The van der Waals surface area contributed by atoms with Crippen LogP contribution in [0.15, 0.2) is 24.3 Å². The van der Waals surface area contributed by atoms with Crippen molar-refractivity contribution in [3.8, 4) is 0 Å².